The molecule has 0 radical (unpaired) electrons. The third-order valence-corrected chi connectivity index (χ3v) is 7.34. The molecule has 1 amide bonds. The van der Waals surface area contributed by atoms with Gasteiger partial charge >= 0.3 is 0 Å². The van der Waals surface area contributed by atoms with E-state index in [0.717, 1.165) is 72.1 Å². The first-order chi connectivity index (χ1) is 19.0. The van der Waals surface area contributed by atoms with Gasteiger partial charge < -0.3 is 24.4 Å². The molecule has 1 unspecified atom stereocenters. The van der Waals surface area contributed by atoms with E-state index in [2.05, 4.69) is 30.1 Å². The highest BCUT2D eigenvalue weighted by atomic mass is 16.5. The quantitative estimate of drug-likeness (QED) is 0.270. The first kappa shape index (κ1) is 26.7. The summed E-state index contributed by atoms with van der Waals surface area (Å²) in [5, 5.41) is 3.07. The van der Waals surface area contributed by atoms with Crippen LogP contribution in [0.15, 0.2) is 78.1 Å². The van der Waals surface area contributed by atoms with Crippen LogP contribution >= 0.6 is 0 Å². The SMILES string of the molecule is CCCc1cc(Oc2ccc(C)cc2)ccc1OCCCOc1ccc(C2C(=O)NC(=C3CCC3)N2C)cc1. The number of likely N-dealkylation sites (N-methyl/N-ethyl adjacent to an activating group) is 1. The van der Waals surface area contributed by atoms with Crippen molar-refractivity contribution in [1.29, 1.82) is 0 Å². The second-order valence-corrected chi connectivity index (χ2v) is 10.4. The minimum absolute atomic E-state index is 0.0369. The van der Waals surface area contributed by atoms with Crippen molar-refractivity contribution >= 4 is 5.91 Å². The molecule has 1 N–H and O–H groups in total. The average molecular weight is 527 g/mol. The van der Waals surface area contributed by atoms with Crippen molar-refractivity contribution in [2.75, 3.05) is 20.3 Å². The van der Waals surface area contributed by atoms with Crippen molar-refractivity contribution in [3.63, 3.8) is 0 Å². The molecule has 1 atom stereocenters. The van der Waals surface area contributed by atoms with E-state index >= 15 is 0 Å². The van der Waals surface area contributed by atoms with Gasteiger partial charge in [-0.05, 0) is 91.8 Å². The van der Waals surface area contributed by atoms with Crippen LogP contribution in [0.5, 0.6) is 23.0 Å². The number of carbonyl (C=O) groups is 1. The van der Waals surface area contributed by atoms with Gasteiger partial charge in [0.05, 0.1) is 13.2 Å². The van der Waals surface area contributed by atoms with Gasteiger partial charge in [0, 0.05) is 13.5 Å². The fraction of sp³-hybridized carbons (Fsp3) is 0.364. The van der Waals surface area contributed by atoms with Crippen molar-refractivity contribution in [2.45, 2.75) is 58.4 Å². The summed E-state index contributed by atoms with van der Waals surface area (Å²) in [6, 6.07) is 21.7. The third kappa shape index (κ3) is 6.39. The molecule has 0 spiro atoms. The molecule has 3 aromatic rings. The van der Waals surface area contributed by atoms with E-state index in [1.54, 1.807) is 0 Å². The Morgan fingerprint density at radius 2 is 1.59 bits per heavy atom. The largest absolute Gasteiger partial charge is 0.493 e. The lowest BCUT2D eigenvalue weighted by Crippen LogP contribution is -2.21. The molecule has 204 valence electrons. The van der Waals surface area contributed by atoms with E-state index in [0.29, 0.717) is 13.2 Å². The molecule has 39 heavy (non-hydrogen) atoms. The zero-order valence-corrected chi connectivity index (χ0v) is 23.2. The fourth-order valence-electron chi connectivity index (χ4n) is 5.03. The normalized spacial score (nSPS) is 16.6. The highest BCUT2D eigenvalue weighted by Gasteiger charge is 2.36. The Morgan fingerprint density at radius 3 is 2.28 bits per heavy atom. The summed E-state index contributed by atoms with van der Waals surface area (Å²) in [5.74, 6) is 4.37. The second kappa shape index (κ2) is 12.3. The number of hydrogen-bond donors (Lipinski definition) is 1. The standard InChI is InChI=1S/C33H38N2O4/c1-4-7-26-22-29(39-28-14-10-23(2)11-15-28)18-19-30(26)38-21-6-20-37-27-16-12-24(13-17-27)31-33(36)34-32(35(31)3)25-8-5-9-25/h10-19,22,31H,4-9,20-21H2,1-3H3,(H,34,36). The molecule has 5 rings (SSSR count). The summed E-state index contributed by atoms with van der Waals surface area (Å²) in [5.41, 5.74) is 4.68. The zero-order chi connectivity index (χ0) is 27.2. The predicted molar refractivity (Wildman–Crippen MR) is 153 cm³/mol. The summed E-state index contributed by atoms with van der Waals surface area (Å²) in [4.78, 5) is 14.7. The lowest BCUT2D eigenvalue weighted by Gasteiger charge is -2.26. The van der Waals surface area contributed by atoms with Crippen LogP contribution in [0.4, 0.5) is 0 Å². The summed E-state index contributed by atoms with van der Waals surface area (Å²) < 4.78 is 18.1. The summed E-state index contributed by atoms with van der Waals surface area (Å²) in [6.45, 7) is 5.35. The summed E-state index contributed by atoms with van der Waals surface area (Å²) >= 11 is 0. The molecule has 0 aromatic heterocycles. The molecule has 1 saturated heterocycles. The lowest BCUT2D eigenvalue weighted by atomic mass is 9.92. The van der Waals surface area contributed by atoms with E-state index in [1.165, 1.54) is 17.6 Å². The number of ether oxygens (including phenoxy) is 3. The van der Waals surface area contributed by atoms with Gasteiger partial charge in [0.25, 0.3) is 5.91 Å². The second-order valence-electron chi connectivity index (χ2n) is 10.4. The van der Waals surface area contributed by atoms with E-state index < -0.39 is 0 Å². The van der Waals surface area contributed by atoms with Gasteiger partial charge in [0.2, 0.25) is 0 Å². The van der Waals surface area contributed by atoms with Gasteiger partial charge in [-0.2, -0.15) is 0 Å². The molecule has 1 aliphatic heterocycles. The van der Waals surface area contributed by atoms with Crippen LogP contribution < -0.4 is 19.5 Å². The Bertz CT molecular complexity index is 1310. The Hall–Kier alpha value is -3.93. The first-order valence-corrected chi connectivity index (χ1v) is 14.0. The maximum atomic E-state index is 12.6. The molecular formula is C33H38N2O4. The minimum atomic E-state index is -0.290. The summed E-state index contributed by atoms with van der Waals surface area (Å²) in [7, 11) is 1.99. The fourth-order valence-corrected chi connectivity index (χ4v) is 5.03. The van der Waals surface area contributed by atoms with Gasteiger partial charge in [-0.25, -0.2) is 0 Å². The molecule has 2 fully saturated rings. The molecule has 1 heterocycles. The van der Waals surface area contributed by atoms with Gasteiger partial charge in [0.15, 0.2) is 0 Å². The van der Waals surface area contributed by atoms with E-state index in [9.17, 15) is 4.79 Å². The Balaban J connectivity index is 1.10. The average Bonchev–Trinajstić information content (AvgIpc) is 3.19. The molecule has 2 aliphatic rings. The molecule has 1 aliphatic carbocycles. The molecule has 6 heteroatoms. The predicted octanol–water partition coefficient (Wildman–Crippen LogP) is 7.09. The number of allylic oxidation sites excluding steroid dienone is 1. The Labute approximate surface area is 231 Å². The van der Waals surface area contributed by atoms with Crippen molar-refractivity contribution < 1.29 is 19.0 Å². The number of nitrogens with zero attached hydrogens (tertiary/aromatic N) is 1. The number of aryl methyl sites for hydroxylation is 2. The number of carbonyl (C=O) groups excluding carboxylic acids is 1. The van der Waals surface area contributed by atoms with Crippen LogP contribution in [0, 0.1) is 6.92 Å². The number of benzene rings is 3. The molecule has 3 aromatic carbocycles. The Kier molecular flexibility index (Phi) is 8.40. The third-order valence-electron chi connectivity index (χ3n) is 7.34. The lowest BCUT2D eigenvalue weighted by molar-refractivity contribution is -0.121. The van der Waals surface area contributed by atoms with Crippen LogP contribution in [-0.4, -0.2) is 31.1 Å². The van der Waals surface area contributed by atoms with Crippen LogP contribution in [0.1, 0.15) is 61.8 Å². The van der Waals surface area contributed by atoms with Crippen molar-refractivity contribution in [3.05, 3.63) is 94.8 Å². The topological polar surface area (TPSA) is 60.0 Å². The molecule has 6 nitrogen and oxygen atoms in total. The van der Waals surface area contributed by atoms with Crippen LogP contribution in [0.3, 0.4) is 0 Å². The van der Waals surface area contributed by atoms with E-state index in [1.807, 2.05) is 67.7 Å². The van der Waals surface area contributed by atoms with Gasteiger partial charge in [-0.15, -0.1) is 0 Å². The summed E-state index contributed by atoms with van der Waals surface area (Å²) in [6.07, 6.45) is 6.09. The zero-order valence-electron chi connectivity index (χ0n) is 23.2. The maximum absolute atomic E-state index is 12.6. The van der Waals surface area contributed by atoms with Gasteiger partial charge in [-0.1, -0.05) is 43.2 Å². The van der Waals surface area contributed by atoms with Gasteiger partial charge in [-0.3, -0.25) is 4.79 Å². The highest BCUT2D eigenvalue weighted by molar-refractivity contribution is 5.87. The number of amides is 1. The number of hydrogen-bond acceptors (Lipinski definition) is 5. The first-order valence-electron chi connectivity index (χ1n) is 14.0. The van der Waals surface area contributed by atoms with Crippen molar-refractivity contribution in [2.24, 2.45) is 0 Å². The van der Waals surface area contributed by atoms with Crippen LogP contribution in [0.25, 0.3) is 0 Å². The number of nitrogens with one attached hydrogen (secondary N) is 1. The molecule has 0 bridgehead atoms. The highest BCUT2D eigenvalue weighted by Crippen LogP contribution is 2.36. The Morgan fingerprint density at radius 1 is 0.897 bits per heavy atom. The number of rotatable bonds is 11. The van der Waals surface area contributed by atoms with E-state index in [-0.39, 0.29) is 11.9 Å². The van der Waals surface area contributed by atoms with Crippen molar-refractivity contribution in [3.8, 4) is 23.0 Å². The monoisotopic (exact) mass is 526 g/mol. The minimum Gasteiger partial charge on any atom is -0.493 e. The molecule has 1 saturated carbocycles. The van der Waals surface area contributed by atoms with E-state index in [4.69, 9.17) is 14.2 Å². The van der Waals surface area contributed by atoms with Crippen LogP contribution in [0.2, 0.25) is 0 Å². The maximum Gasteiger partial charge on any atom is 0.252 e. The van der Waals surface area contributed by atoms with Gasteiger partial charge in [0.1, 0.15) is 34.9 Å². The smallest absolute Gasteiger partial charge is 0.252 e. The molecular weight excluding hydrogens is 488 g/mol. The van der Waals surface area contributed by atoms with Crippen molar-refractivity contribution in [1.82, 2.24) is 10.2 Å². The van der Waals surface area contributed by atoms with Crippen LogP contribution in [-0.2, 0) is 11.2 Å².